The Balaban J connectivity index is 1.62. The predicted octanol–water partition coefficient (Wildman–Crippen LogP) is 0.545. The van der Waals surface area contributed by atoms with Crippen LogP contribution in [0.1, 0.15) is 23.0 Å². The van der Waals surface area contributed by atoms with E-state index in [1.807, 2.05) is 13.1 Å². The van der Waals surface area contributed by atoms with Gasteiger partial charge in [0.25, 0.3) is 5.91 Å². The van der Waals surface area contributed by atoms with Gasteiger partial charge in [0.15, 0.2) is 5.65 Å². The molecule has 0 aromatic carbocycles. The molecule has 0 radical (unpaired) electrons. The molecule has 3 aromatic heterocycles. The lowest BCUT2D eigenvalue weighted by Gasteiger charge is -2.15. The van der Waals surface area contributed by atoms with Gasteiger partial charge in [-0.05, 0) is 18.6 Å². The molecule has 4 heterocycles. The maximum absolute atomic E-state index is 12.5. The highest BCUT2D eigenvalue weighted by atomic mass is 16.2. The zero-order chi connectivity index (χ0) is 16.0. The number of pyridine rings is 1. The Morgan fingerprint density at radius 2 is 2.26 bits per heavy atom. The second-order valence-electron chi connectivity index (χ2n) is 5.79. The van der Waals surface area contributed by atoms with E-state index in [-0.39, 0.29) is 17.6 Å². The van der Waals surface area contributed by atoms with Crippen LogP contribution in [0.5, 0.6) is 0 Å². The molecule has 1 saturated heterocycles. The van der Waals surface area contributed by atoms with E-state index in [1.54, 1.807) is 38.8 Å². The van der Waals surface area contributed by atoms with Gasteiger partial charge >= 0.3 is 5.69 Å². The van der Waals surface area contributed by atoms with Crippen molar-refractivity contribution in [3.8, 4) is 0 Å². The quantitative estimate of drug-likeness (QED) is 0.748. The van der Waals surface area contributed by atoms with Crippen LogP contribution < -0.4 is 5.69 Å². The van der Waals surface area contributed by atoms with Gasteiger partial charge in [-0.15, -0.1) is 0 Å². The SMILES string of the molecule is Cn1cnc(C(=O)N2CC[C@@H](n3c(=O)[nH]c4cccnc43)C2)c1. The smallest absolute Gasteiger partial charge is 0.327 e. The number of H-pyrrole nitrogens is 1. The molecule has 0 aliphatic carbocycles. The van der Waals surface area contributed by atoms with E-state index in [4.69, 9.17) is 0 Å². The minimum Gasteiger partial charge on any atom is -0.340 e. The van der Waals surface area contributed by atoms with Gasteiger partial charge in [-0.3, -0.25) is 9.36 Å². The van der Waals surface area contributed by atoms with Crippen LogP contribution in [0, 0.1) is 0 Å². The monoisotopic (exact) mass is 312 g/mol. The van der Waals surface area contributed by atoms with Crippen LogP contribution in [-0.2, 0) is 7.05 Å². The number of hydrogen-bond donors (Lipinski definition) is 1. The topological polar surface area (TPSA) is 88.8 Å². The average molecular weight is 312 g/mol. The van der Waals surface area contributed by atoms with Gasteiger partial charge in [-0.2, -0.15) is 0 Å². The van der Waals surface area contributed by atoms with Crippen molar-refractivity contribution < 1.29 is 4.79 Å². The molecule has 1 amide bonds. The fourth-order valence-corrected chi connectivity index (χ4v) is 3.12. The van der Waals surface area contributed by atoms with Crippen LogP contribution in [0.2, 0.25) is 0 Å². The zero-order valence-corrected chi connectivity index (χ0v) is 12.6. The van der Waals surface area contributed by atoms with Crippen molar-refractivity contribution in [1.82, 2.24) is 29.0 Å². The number of fused-ring (bicyclic) bond motifs is 1. The summed E-state index contributed by atoms with van der Waals surface area (Å²) in [7, 11) is 1.83. The highest BCUT2D eigenvalue weighted by molar-refractivity contribution is 5.92. The Morgan fingerprint density at radius 3 is 3.04 bits per heavy atom. The number of aromatic nitrogens is 5. The minimum atomic E-state index is -0.184. The molecule has 0 bridgehead atoms. The standard InChI is InChI=1S/C15H16N6O2/c1-19-8-12(17-9-19)14(22)20-6-4-10(7-20)21-13-11(18-15(21)23)3-2-5-16-13/h2-3,5,8-10H,4,6-7H2,1H3,(H,18,23)/t10-/m1/s1. The van der Waals surface area contributed by atoms with E-state index < -0.39 is 0 Å². The van der Waals surface area contributed by atoms with E-state index >= 15 is 0 Å². The molecule has 4 rings (SSSR count). The van der Waals surface area contributed by atoms with Crippen molar-refractivity contribution in [2.75, 3.05) is 13.1 Å². The van der Waals surface area contributed by atoms with E-state index in [2.05, 4.69) is 15.0 Å². The third kappa shape index (κ3) is 2.23. The summed E-state index contributed by atoms with van der Waals surface area (Å²) in [4.78, 5) is 37.6. The number of imidazole rings is 2. The van der Waals surface area contributed by atoms with Gasteiger partial charge in [0.2, 0.25) is 0 Å². The van der Waals surface area contributed by atoms with Crippen molar-refractivity contribution in [2.24, 2.45) is 7.05 Å². The molecule has 23 heavy (non-hydrogen) atoms. The molecule has 1 fully saturated rings. The number of nitrogens with one attached hydrogen (secondary N) is 1. The predicted molar refractivity (Wildman–Crippen MR) is 83.1 cm³/mol. The number of hydrogen-bond acceptors (Lipinski definition) is 4. The Labute approximate surface area is 131 Å². The molecular formula is C15H16N6O2. The first-order chi connectivity index (χ1) is 11.1. The minimum absolute atomic E-state index is 0.0705. The maximum atomic E-state index is 12.5. The van der Waals surface area contributed by atoms with Gasteiger partial charge < -0.3 is 14.5 Å². The van der Waals surface area contributed by atoms with Crippen molar-refractivity contribution in [3.63, 3.8) is 0 Å². The molecule has 0 unspecified atom stereocenters. The average Bonchev–Trinajstić information content (AvgIpc) is 3.23. The highest BCUT2D eigenvalue weighted by Crippen LogP contribution is 2.24. The summed E-state index contributed by atoms with van der Waals surface area (Å²) in [6.07, 6.45) is 5.70. The van der Waals surface area contributed by atoms with Crippen LogP contribution in [0.25, 0.3) is 11.2 Å². The lowest BCUT2D eigenvalue weighted by Crippen LogP contribution is -2.31. The molecule has 1 aliphatic heterocycles. The third-order valence-electron chi connectivity index (χ3n) is 4.22. The van der Waals surface area contributed by atoms with Crippen molar-refractivity contribution in [2.45, 2.75) is 12.5 Å². The summed E-state index contributed by atoms with van der Waals surface area (Å²) in [5.74, 6) is -0.103. The summed E-state index contributed by atoms with van der Waals surface area (Å²) in [5.41, 5.74) is 1.59. The van der Waals surface area contributed by atoms with Crippen molar-refractivity contribution in [3.05, 3.63) is 47.0 Å². The Kier molecular flexibility index (Phi) is 3.03. The van der Waals surface area contributed by atoms with Gasteiger partial charge in [-0.1, -0.05) is 0 Å². The second kappa shape index (κ2) is 5.08. The number of rotatable bonds is 2. The van der Waals surface area contributed by atoms with Crippen LogP contribution >= 0.6 is 0 Å². The number of amides is 1. The first-order valence-corrected chi connectivity index (χ1v) is 7.46. The molecule has 8 nitrogen and oxygen atoms in total. The third-order valence-corrected chi connectivity index (χ3v) is 4.22. The van der Waals surface area contributed by atoms with Gasteiger partial charge in [-0.25, -0.2) is 14.8 Å². The molecule has 3 aromatic rings. The zero-order valence-electron chi connectivity index (χ0n) is 12.6. The van der Waals surface area contributed by atoms with E-state index in [9.17, 15) is 9.59 Å². The molecule has 1 N–H and O–H groups in total. The van der Waals surface area contributed by atoms with Crippen molar-refractivity contribution >= 4 is 17.1 Å². The summed E-state index contributed by atoms with van der Waals surface area (Å²) >= 11 is 0. The lowest BCUT2D eigenvalue weighted by molar-refractivity contribution is 0.0782. The summed E-state index contributed by atoms with van der Waals surface area (Å²) in [6, 6.07) is 3.54. The number of aryl methyl sites for hydroxylation is 1. The van der Waals surface area contributed by atoms with Crippen LogP contribution in [0.15, 0.2) is 35.6 Å². The Morgan fingerprint density at radius 1 is 1.39 bits per heavy atom. The number of likely N-dealkylation sites (tertiary alicyclic amines) is 1. The summed E-state index contributed by atoms with van der Waals surface area (Å²) in [5, 5.41) is 0. The molecule has 118 valence electrons. The molecule has 1 atom stereocenters. The first-order valence-electron chi connectivity index (χ1n) is 7.46. The molecule has 0 saturated carbocycles. The van der Waals surface area contributed by atoms with Crippen molar-refractivity contribution in [1.29, 1.82) is 0 Å². The number of aromatic amines is 1. The van der Waals surface area contributed by atoms with E-state index in [1.165, 1.54) is 0 Å². The Bertz CT molecular complexity index is 937. The van der Waals surface area contributed by atoms with Gasteiger partial charge in [0.1, 0.15) is 5.69 Å². The number of carbonyl (C=O) groups excluding carboxylic acids is 1. The second-order valence-corrected chi connectivity index (χ2v) is 5.79. The lowest BCUT2D eigenvalue weighted by atomic mass is 10.2. The Hall–Kier alpha value is -2.90. The fraction of sp³-hybridized carbons (Fsp3) is 0.333. The highest BCUT2D eigenvalue weighted by Gasteiger charge is 2.31. The maximum Gasteiger partial charge on any atom is 0.327 e. The van der Waals surface area contributed by atoms with Crippen LogP contribution in [0.3, 0.4) is 0 Å². The van der Waals surface area contributed by atoms with Crippen LogP contribution in [-0.4, -0.2) is 48.0 Å². The van der Waals surface area contributed by atoms with Crippen LogP contribution in [0.4, 0.5) is 0 Å². The molecule has 1 aliphatic rings. The fourth-order valence-electron chi connectivity index (χ4n) is 3.12. The largest absolute Gasteiger partial charge is 0.340 e. The molecule has 0 spiro atoms. The number of carbonyl (C=O) groups is 1. The van der Waals surface area contributed by atoms with Gasteiger partial charge in [0.05, 0.1) is 17.9 Å². The van der Waals surface area contributed by atoms with E-state index in [0.29, 0.717) is 29.9 Å². The van der Waals surface area contributed by atoms with E-state index in [0.717, 1.165) is 6.42 Å². The summed E-state index contributed by atoms with van der Waals surface area (Å²) < 4.78 is 3.40. The normalized spacial score (nSPS) is 18.0. The summed E-state index contributed by atoms with van der Waals surface area (Å²) in [6.45, 7) is 1.09. The molecular weight excluding hydrogens is 296 g/mol. The van der Waals surface area contributed by atoms with Gasteiger partial charge in [0, 0.05) is 32.5 Å². The molecule has 8 heteroatoms. The number of nitrogens with zero attached hydrogens (tertiary/aromatic N) is 5. The first kappa shape index (κ1) is 13.7.